The van der Waals surface area contributed by atoms with Crippen molar-refractivity contribution >= 4 is 34.7 Å². The van der Waals surface area contributed by atoms with E-state index < -0.39 is 5.41 Å². The van der Waals surface area contributed by atoms with Crippen molar-refractivity contribution in [3.63, 3.8) is 0 Å². The number of hydrogen-bond acceptors (Lipinski definition) is 6. The van der Waals surface area contributed by atoms with E-state index in [1.54, 1.807) is 0 Å². The number of hydrogen-bond donors (Lipinski definition) is 0. The van der Waals surface area contributed by atoms with E-state index in [4.69, 9.17) is 21.1 Å². The van der Waals surface area contributed by atoms with Gasteiger partial charge in [-0.2, -0.15) is 0 Å². The van der Waals surface area contributed by atoms with Gasteiger partial charge in [0, 0.05) is 35.1 Å². The summed E-state index contributed by atoms with van der Waals surface area (Å²) in [7, 11) is 0. The first-order chi connectivity index (χ1) is 16.5. The van der Waals surface area contributed by atoms with Gasteiger partial charge < -0.3 is 9.47 Å². The largest absolute Gasteiger partial charge is 0.464 e. The summed E-state index contributed by atoms with van der Waals surface area (Å²) in [6.45, 7) is 2.97. The highest BCUT2D eigenvalue weighted by molar-refractivity contribution is 7.15. The predicted octanol–water partition coefficient (Wildman–Crippen LogP) is 5.86. The summed E-state index contributed by atoms with van der Waals surface area (Å²) in [5, 5.41) is 1.55. The Bertz CT molecular complexity index is 1140. The minimum absolute atomic E-state index is 0.0833. The molecule has 2 aromatic carbocycles. The molecular formula is C27H28ClNO4S. The fraction of sp³-hybridized carbons (Fsp3) is 0.370. The van der Waals surface area contributed by atoms with Crippen LogP contribution in [0.4, 0.5) is 0 Å². The summed E-state index contributed by atoms with van der Waals surface area (Å²) in [4.78, 5) is 31.5. The van der Waals surface area contributed by atoms with Crippen LogP contribution in [0.1, 0.15) is 35.4 Å². The van der Waals surface area contributed by atoms with Crippen LogP contribution in [0.25, 0.3) is 10.6 Å². The molecule has 4 rings (SSSR count). The molecule has 0 aliphatic carbocycles. The van der Waals surface area contributed by atoms with Crippen LogP contribution in [0.5, 0.6) is 0 Å². The molecule has 0 amide bonds. The van der Waals surface area contributed by atoms with Gasteiger partial charge in [0.1, 0.15) is 17.4 Å². The second kappa shape index (κ2) is 11.3. The second-order valence-corrected chi connectivity index (χ2v) is 10.1. The zero-order chi connectivity index (χ0) is 24.0. The molecule has 7 heteroatoms. The van der Waals surface area contributed by atoms with E-state index >= 15 is 0 Å². The van der Waals surface area contributed by atoms with Crippen LogP contribution in [0, 0.1) is 12.3 Å². The summed E-state index contributed by atoms with van der Waals surface area (Å²) >= 11 is 7.76. The van der Waals surface area contributed by atoms with Gasteiger partial charge in [-0.15, -0.1) is 11.3 Å². The van der Waals surface area contributed by atoms with Gasteiger partial charge in [0.05, 0.1) is 17.5 Å². The highest BCUT2D eigenvalue weighted by atomic mass is 35.5. The maximum atomic E-state index is 13.3. The molecule has 5 nitrogen and oxygen atoms in total. The van der Waals surface area contributed by atoms with Crippen LogP contribution in [0.15, 0.2) is 54.6 Å². The van der Waals surface area contributed by atoms with Crippen molar-refractivity contribution in [1.29, 1.82) is 0 Å². The zero-order valence-corrected chi connectivity index (χ0v) is 20.8. The molecule has 0 N–H and O–H groups in total. The minimum atomic E-state index is -0.701. The van der Waals surface area contributed by atoms with Crippen LogP contribution in [0.3, 0.4) is 0 Å². The van der Waals surface area contributed by atoms with Gasteiger partial charge in [-0.3, -0.25) is 9.59 Å². The Morgan fingerprint density at radius 3 is 2.53 bits per heavy atom. The molecule has 2 heterocycles. The number of aryl methyl sites for hydroxylation is 2. The Labute approximate surface area is 209 Å². The molecule has 1 saturated heterocycles. The lowest BCUT2D eigenvalue weighted by Gasteiger charge is -2.35. The van der Waals surface area contributed by atoms with Gasteiger partial charge in [0.25, 0.3) is 0 Å². The number of Topliss-reactive ketones (excluding diaryl/α,β-unsaturated/α-hetero) is 1. The fourth-order valence-corrected chi connectivity index (χ4v) is 5.46. The Morgan fingerprint density at radius 1 is 1.09 bits per heavy atom. The van der Waals surface area contributed by atoms with E-state index in [1.165, 1.54) is 11.3 Å². The average Bonchev–Trinajstić information content (AvgIpc) is 3.23. The number of thiazole rings is 1. The van der Waals surface area contributed by atoms with Crippen molar-refractivity contribution in [3.8, 4) is 10.6 Å². The van der Waals surface area contributed by atoms with Crippen LogP contribution in [-0.2, 0) is 31.9 Å². The maximum Gasteiger partial charge on any atom is 0.311 e. The molecule has 34 heavy (non-hydrogen) atoms. The Morgan fingerprint density at radius 2 is 1.79 bits per heavy atom. The SMILES string of the molecule is Cc1nc(-c2ccccc2)sc1CC(=O)OCC1(C(=O)CCc2ccccc2Cl)CCOCC1. The summed E-state index contributed by atoms with van der Waals surface area (Å²) in [5.41, 5.74) is 2.11. The normalized spacial score (nSPS) is 15.1. The number of benzene rings is 2. The van der Waals surface area contributed by atoms with Gasteiger partial charge >= 0.3 is 5.97 Å². The van der Waals surface area contributed by atoms with Gasteiger partial charge in [-0.25, -0.2) is 4.98 Å². The van der Waals surface area contributed by atoms with E-state index in [2.05, 4.69) is 4.98 Å². The average molecular weight is 498 g/mol. The molecule has 0 atom stereocenters. The Kier molecular flexibility index (Phi) is 8.14. The van der Waals surface area contributed by atoms with Gasteiger partial charge in [0.2, 0.25) is 0 Å². The van der Waals surface area contributed by atoms with Crippen LogP contribution in [0.2, 0.25) is 5.02 Å². The van der Waals surface area contributed by atoms with E-state index in [0.29, 0.717) is 43.9 Å². The van der Waals surface area contributed by atoms with Crippen molar-refractivity contribution in [3.05, 3.63) is 75.8 Å². The van der Waals surface area contributed by atoms with Crippen molar-refractivity contribution in [2.75, 3.05) is 19.8 Å². The van der Waals surface area contributed by atoms with E-state index in [1.807, 2.05) is 61.5 Å². The molecule has 1 aliphatic rings. The molecule has 0 saturated carbocycles. The van der Waals surface area contributed by atoms with Crippen molar-refractivity contribution in [2.24, 2.45) is 5.41 Å². The molecule has 0 radical (unpaired) electrons. The van der Waals surface area contributed by atoms with E-state index in [0.717, 1.165) is 26.7 Å². The summed E-state index contributed by atoms with van der Waals surface area (Å²) in [5.74, 6) is -0.236. The topological polar surface area (TPSA) is 65.5 Å². The zero-order valence-electron chi connectivity index (χ0n) is 19.2. The van der Waals surface area contributed by atoms with E-state index in [-0.39, 0.29) is 24.8 Å². The summed E-state index contributed by atoms with van der Waals surface area (Å²) in [6.07, 6.45) is 2.18. The number of rotatable bonds is 9. The molecule has 0 unspecified atom stereocenters. The predicted molar refractivity (Wildman–Crippen MR) is 134 cm³/mol. The fourth-order valence-electron chi connectivity index (χ4n) is 4.18. The molecule has 178 valence electrons. The minimum Gasteiger partial charge on any atom is -0.464 e. The molecule has 0 bridgehead atoms. The lowest BCUT2D eigenvalue weighted by Crippen LogP contribution is -2.42. The lowest BCUT2D eigenvalue weighted by atomic mass is 9.75. The van der Waals surface area contributed by atoms with Crippen molar-refractivity contribution in [2.45, 2.75) is 39.0 Å². The monoisotopic (exact) mass is 497 g/mol. The number of carbonyl (C=O) groups excluding carboxylic acids is 2. The van der Waals surface area contributed by atoms with Crippen LogP contribution < -0.4 is 0 Å². The van der Waals surface area contributed by atoms with Crippen molar-refractivity contribution in [1.82, 2.24) is 4.98 Å². The number of nitrogens with zero attached hydrogens (tertiary/aromatic N) is 1. The quantitative estimate of drug-likeness (QED) is 0.346. The molecule has 1 fully saturated rings. The Balaban J connectivity index is 1.38. The highest BCUT2D eigenvalue weighted by Gasteiger charge is 2.40. The first-order valence-corrected chi connectivity index (χ1v) is 12.7. The van der Waals surface area contributed by atoms with Crippen molar-refractivity contribution < 1.29 is 19.1 Å². The molecule has 0 spiro atoms. The standard InChI is InChI=1S/C27H28ClNO4S/c1-19-23(34-26(29-19)21-8-3-2-4-9-21)17-25(31)33-18-27(13-15-32-16-14-27)24(30)12-11-20-7-5-6-10-22(20)28/h2-10H,11-18H2,1H3. The third-order valence-corrected chi connectivity index (χ3v) is 7.92. The highest BCUT2D eigenvalue weighted by Crippen LogP contribution is 2.35. The number of carbonyl (C=O) groups is 2. The third kappa shape index (κ3) is 5.93. The molecular weight excluding hydrogens is 470 g/mol. The number of ether oxygens (including phenoxy) is 2. The second-order valence-electron chi connectivity index (χ2n) is 8.64. The van der Waals surface area contributed by atoms with Crippen LogP contribution >= 0.6 is 22.9 Å². The molecule has 1 aliphatic heterocycles. The number of esters is 1. The summed E-state index contributed by atoms with van der Waals surface area (Å²) in [6, 6.07) is 17.5. The Hall–Kier alpha value is -2.54. The van der Waals surface area contributed by atoms with Crippen LogP contribution in [-0.4, -0.2) is 36.6 Å². The summed E-state index contributed by atoms with van der Waals surface area (Å²) < 4.78 is 11.2. The molecule has 1 aromatic heterocycles. The van der Waals surface area contributed by atoms with Gasteiger partial charge in [0.15, 0.2) is 0 Å². The maximum absolute atomic E-state index is 13.3. The van der Waals surface area contributed by atoms with E-state index in [9.17, 15) is 9.59 Å². The first-order valence-electron chi connectivity index (χ1n) is 11.5. The van der Waals surface area contributed by atoms with Gasteiger partial charge in [-0.1, -0.05) is 60.1 Å². The smallest absolute Gasteiger partial charge is 0.311 e. The number of aromatic nitrogens is 1. The number of ketones is 1. The van der Waals surface area contributed by atoms with Gasteiger partial charge in [-0.05, 0) is 37.8 Å². The number of halogens is 1. The third-order valence-electron chi connectivity index (χ3n) is 6.35. The lowest BCUT2D eigenvalue weighted by molar-refractivity contribution is -0.154. The first kappa shape index (κ1) is 24.6. The molecule has 3 aromatic rings.